The zero-order chi connectivity index (χ0) is 21.9. The topological polar surface area (TPSA) is 14.2 Å². The molecule has 0 unspecified atom stereocenters. The zero-order valence-corrected chi connectivity index (χ0v) is 16.4. The van der Waals surface area contributed by atoms with Crippen LogP contribution in [-0.4, -0.2) is 11.7 Å². The van der Waals surface area contributed by atoms with Crippen molar-refractivity contribution in [2.45, 2.75) is 19.4 Å². The lowest BCUT2D eigenvalue weighted by Crippen LogP contribution is -2.11. The van der Waals surface area contributed by atoms with Crippen LogP contribution in [0.4, 0.5) is 22.0 Å². The van der Waals surface area contributed by atoms with Crippen LogP contribution >= 0.6 is 0 Å². The van der Waals surface area contributed by atoms with E-state index in [-0.39, 0.29) is 13.0 Å². The Balaban J connectivity index is 1.66. The molecule has 0 N–H and O–H groups in total. The third kappa shape index (κ3) is 2.83. The lowest BCUT2D eigenvalue weighted by molar-refractivity contribution is 0.368. The highest BCUT2D eigenvalue weighted by molar-refractivity contribution is 5.96. The van der Waals surface area contributed by atoms with Crippen molar-refractivity contribution in [2.24, 2.45) is 0 Å². The normalized spacial score (nSPS) is 12.3. The van der Waals surface area contributed by atoms with Crippen LogP contribution in [0.2, 0.25) is 0 Å². The molecule has 3 aromatic carbocycles. The van der Waals surface area contributed by atoms with Crippen molar-refractivity contribution < 1.29 is 26.7 Å². The number of aromatic nitrogens is 1. The summed E-state index contributed by atoms with van der Waals surface area (Å²) >= 11 is 0. The summed E-state index contributed by atoms with van der Waals surface area (Å²) in [4.78, 5) is 0. The largest absolute Gasteiger partial charge is 0.497 e. The third-order valence-electron chi connectivity index (χ3n) is 5.90. The molecule has 0 fully saturated rings. The van der Waals surface area contributed by atoms with E-state index in [9.17, 15) is 22.0 Å². The molecular formula is C24H16F5NO. The van der Waals surface area contributed by atoms with Gasteiger partial charge in [0, 0.05) is 35.0 Å². The molecule has 5 rings (SSSR count). The molecule has 158 valence electrons. The smallest absolute Gasteiger partial charge is 0.200 e. The molecule has 0 atom stereocenters. The number of fused-ring (bicyclic) bond motifs is 5. The van der Waals surface area contributed by atoms with E-state index in [2.05, 4.69) is 0 Å². The Morgan fingerprint density at radius 1 is 0.871 bits per heavy atom. The number of hydrogen-bond donors (Lipinski definition) is 0. The van der Waals surface area contributed by atoms with Gasteiger partial charge < -0.3 is 9.30 Å². The van der Waals surface area contributed by atoms with Crippen molar-refractivity contribution in [2.75, 3.05) is 7.11 Å². The maximum atomic E-state index is 14.2. The summed E-state index contributed by atoms with van der Waals surface area (Å²) in [6, 6.07) is 13.3. The van der Waals surface area contributed by atoms with Gasteiger partial charge in [-0.2, -0.15) is 0 Å². The second kappa shape index (κ2) is 7.11. The first-order valence-corrected chi connectivity index (χ1v) is 9.70. The van der Waals surface area contributed by atoms with Gasteiger partial charge in [-0.3, -0.25) is 0 Å². The fraction of sp³-hybridized carbons (Fsp3) is 0.167. The van der Waals surface area contributed by atoms with Gasteiger partial charge in [0.05, 0.1) is 12.8 Å². The van der Waals surface area contributed by atoms with Crippen molar-refractivity contribution in [1.82, 2.24) is 4.57 Å². The highest BCUT2D eigenvalue weighted by atomic mass is 19.2. The minimum absolute atomic E-state index is 0.0465. The van der Waals surface area contributed by atoms with Crippen LogP contribution in [0, 0.1) is 29.1 Å². The van der Waals surface area contributed by atoms with Gasteiger partial charge in [0.2, 0.25) is 5.82 Å². The van der Waals surface area contributed by atoms with E-state index in [1.807, 2.05) is 41.0 Å². The minimum atomic E-state index is -2.15. The van der Waals surface area contributed by atoms with Crippen LogP contribution in [0.3, 0.4) is 0 Å². The van der Waals surface area contributed by atoms with Crippen molar-refractivity contribution in [3.63, 3.8) is 0 Å². The van der Waals surface area contributed by atoms with E-state index in [0.29, 0.717) is 12.2 Å². The number of hydrogen-bond acceptors (Lipinski definition) is 1. The Morgan fingerprint density at radius 2 is 1.55 bits per heavy atom. The molecular weight excluding hydrogens is 413 g/mol. The predicted molar refractivity (Wildman–Crippen MR) is 107 cm³/mol. The van der Waals surface area contributed by atoms with E-state index >= 15 is 0 Å². The molecule has 1 aromatic heterocycles. The molecule has 0 aliphatic heterocycles. The van der Waals surface area contributed by atoms with Crippen molar-refractivity contribution in [3.05, 3.63) is 88.2 Å². The van der Waals surface area contributed by atoms with Gasteiger partial charge in [-0.15, -0.1) is 0 Å². The maximum Gasteiger partial charge on any atom is 0.200 e. The summed E-state index contributed by atoms with van der Waals surface area (Å²) in [7, 11) is 1.57. The summed E-state index contributed by atoms with van der Waals surface area (Å²) in [6.45, 7) is 0.0465. The van der Waals surface area contributed by atoms with E-state index in [4.69, 9.17) is 4.74 Å². The van der Waals surface area contributed by atoms with Crippen LogP contribution in [0.5, 0.6) is 5.75 Å². The molecule has 0 amide bonds. The minimum Gasteiger partial charge on any atom is -0.497 e. The van der Waals surface area contributed by atoms with E-state index < -0.39 is 34.6 Å². The summed E-state index contributed by atoms with van der Waals surface area (Å²) in [6.07, 6.45) is 0.334. The van der Waals surface area contributed by atoms with Gasteiger partial charge in [-0.25, -0.2) is 22.0 Å². The second-order valence-corrected chi connectivity index (χ2v) is 7.49. The SMILES string of the molecule is COc1ccc2c(c1)c1c(n2CCc2c(F)c(F)c(F)c(F)c2F)-c2ccccc2C1. The number of benzene rings is 3. The van der Waals surface area contributed by atoms with Crippen molar-refractivity contribution in [3.8, 4) is 17.0 Å². The first kappa shape index (κ1) is 19.6. The molecule has 0 spiro atoms. The van der Waals surface area contributed by atoms with Crippen molar-refractivity contribution >= 4 is 10.9 Å². The second-order valence-electron chi connectivity index (χ2n) is 7.49. The van der Waals surface area contributed by atoms with E-state index in [1.165, 1.54) is 0 Å². The Kier molecular flexibility index (Phi) is 4.50. The highest BCUT2D eigenvalue weighted by Crippen LogP contribution is 2.43. The monoisotopic (exact) mass is 429 g/mol. The summed E-state index contributed by atoms with van der Waals surface area (Å²) in [5, 5.41) is 0.933. The number of ether oxygens (including phenoxy) is 1. The average molecular weight is 429 g/mol. The number of nitrogens with zero attached hydrogens (tertiary/aromatic N) is 1. The molecule has 1 heterocycles. The lowest BCUT2D eigenvalue weighted by Gasteiger charge is -2.13. The van der Waals surface area contributed by atoms with Gasteiger partial charge in [-0.05, 0) is 35.7 Å². The molecule has 1 aliphatic rings. The van der Waals surface area contributed by atoms with E-state index in [1.54, 1.807) is 13.2 Å². The maximum absolute atomic E-state index is 14.2. The third-order valence-corrected chi connectivity index (χ3v) is 5.90. The van der Waals surface area contributed by atoms with Crippen LogP contribution in [0.1, 0.15) is 16.7 Å². The van der Waals surface area contributed by atoms with Gasteiger partial charge in [0.25, 0.3) is 0 Å². The molecule has 7 heteroatoms. The van der Waals surface area contributed by atoms with E-state index in [0.717, 1.165) is 33.3 Å². The molecule has 1 aliphatic carbocycles. The van der Waals surface area contributed by atoms with Gasteiger partial charge in [0.1, 0.15) is 5.75 Å². The quantitative estimate of drug-likeness (QED) is 0.190. The fourth-order valence-corrected chi connectivity index (χ4v) is 4.44. The fourth-order valence-electron chi connectivity index (χ4n) is 4.44. The Hall–Kier alpha value is -3.35. The molecule has 0 radical (unpaired) electrons. The summed E-state index contributed by atoms with van der Waals surface area (Å²) in [5.41, 5.74) is 4.04. The molecule has 0 saturated heterocycles. The highest BCUT2D eigenvalue weighted by Gasteiger charge is 2.29. The number of halogens is 5. The molecule has 2 nitrogen and oxygen atoms in total. The lowest BCUT2D eigenvalue weighted by atomic mass is 10.1. The molecule has 31 heavy (non-hydrogen) atoms. The number of aryl methyl sites for hydroxylation is 1. The first-order chi connectivity index (χ1) is 14.9. The van der Waals surface area contributed by atoms with Gasteiger partial charge >= 0.3 is 0 Å². The molecule has 0 bridgehead atoms. The number of rotatable bonds is 4. The molecule has 4 aromatic rings. The van der Waals surface area contributed by atoms with Crippen molar-refractivity contribution in [1.29, 1.82) is 0 Å². The Bertz CT molecular complexity index is 1330. The standard InChI is InChI=1S/C24H16F5NO/c1-31-13-6-7-18-16(11-13)17-10-12-4-2-3-5-14(12)24(17)30(18)9-8-15-19(25)21(27)23(29)22(28)20(15)26/h2-7,11H,8-10H2,1H3. The average Bonchev–Trinajstić information content (AvgIpc) is 3.31. The van der Waals surface area contributed by atoms with Gasteiger partial charge in [0.15, 0.2) is 23.3 Å². The van der Waals surface area contributed by atoms with Crippen LogP contribution in [-0.2, 0) is 19.4 Å². The van der Waals surface area contributed by atoms with Gasteiger partial charge in [-0.1, -0.05) is 24.3 Å². The summed E-state index contributed by atoms with van der Waals surface area (Å²) in [5.74, 6) is -8.90. The molecule has 0 saturated carbocycles. The predicted octanol–water partition coefficient (Wildman–Crippen LogP) is 6.16. The van der Waals surface area contributed by atoms with Crippen LogP contribution in [0.15, 0.2) is 42.5 Å². The summed E-state index contributed by atoms with van der Waals surface area (Å²) < 4.78 is 76.3. The van der Waals surface area contributed by atoms with Crippen LogP contribution in [0.25, 0.3) is 22.2 Å². The number of methoxy groups -OCH3 is 1. The first-order valence-electron chi connectivity index (χ1n) is 9.70. The zero-order valence-electron chi connectivity index (χ0n) is 16.4. The Morgan fingerprint density at radius 3 is 2.26 bits per heavy atom. The Labute approximate surface area is 174 Å². The van der Waals surface area contributed by atoms with Crippen LogP contribution < -0.4 is 4.74 Å².